The molecule has 0 bridgehead atoms. The maximum absolute atomic E-state index is 12.3. The van der Waals surface area contributed by atoms with Gasteiger partial charge in [-0.3, -0.25) is 4.79 Å². The summed E-state index contributed by atoms with van der Waals surface area (Å²) in [6, 6.07) is 0.219. The lowest BCUT2D eigenvalue weighted by molar-refractivity contribution is 0.0914. The van der Waals surface area contributed by atoms with Crippen LogP contribution in [0.1, 0.15) is 63.4 Å². The second-order valence-corrected chi connectivity index (χ2v) is 6.18. The summed E-state index contributed by atoms with van der Waals surface area (Å²) in [5.41, 5.74) is 0.208. The molecule has 0 fully saturated rings. The van der Waals surface area contributed by atoms with Gasteiger partial charge in [-0.15, -0.1) is 10.2 Å². The number of hydrogen-bond donors (Lipinski definition) is 1. The SMILES string of the molecule is CCC(CC)NC(=O)c1nnc2n1CC(C)(C)CC2. The first-order valence-corrected chi connectivity index (χ1v) is 7.19. The molecule has 0 atom stereocenters. The Bertz CT molecular complexity index is 460. The number of rotatable bonds is 4. The van der Waals surface area contributed by atoms with Crippen LogP contribution in [0.3, 0.4) is 0 Å². The van der Waals surface area contributed by atoms with E-state index in [1.807, 2.05) is 4.57 Å². The van der Waals surface area contributed by atoms with Gasteiger partial charge in [0.25, 0.3) is 5.91 Å². The zero-order chi connectivity index (χ0) is 14.0. The summed E-state index contributed by atoms with van der Waals surface area (Å²) in [5.74, 6) is 1.31. The van der Waals surface area contributed by atoms with Crippen molar-refractivity contribution in [2.75, 3.05) is 0 Å². The maximum Gasteiger partial charge on any atom is 0.289 e. The van der Waals surface area contributed by atoms with Gasteiger partial charge in [0.15, 0.2) is 0 Å². The van der Waals surface area contributed by atoms with Crippen LogP contribution in [0, 0.1) is 5.41 Å². The van der Waals surface area contributed by atoms with Crippen LogP contribution in [0.25, 0.3) is 0 Å². The molecule has 0 aliphatic carbocycles. The second-order valence-electron chi connectivity index (χ2n) is 6.18. The van der Waals surface area contributed by atoms with Gasteiger partial charge in [-0.1, -0.05) is 27.7 Å². The van der Waals surface area contributed by atoms with E-state index in [2.05, 4.69) is 43.2 Å². The number of fused-ring (bicyclic) bond motifs is 1. The first-order valence-electron chi connectivity index (χ1n) is 7.19. The number of carbonyl (C=O) groups excluding carboxylic acids is 1. The van der Waals surface area contributed by atoms with Gasteiger partial charge in [0.05, 0.1) is 0 Å². The van der Waals surface area contributed by atoms with Crippen molar-refractivity contribution in [3.8, 4) is 0 Å². The Morgan fingerprint density at radius 3 is 2.68 bits per heavy atom. The highest BCUT2D eigenvalue weighted by Crippen LogP contribution is 2.30. The number of nitrogens with zero attached hydrogens (tertiary/aromatic N) is 3. The number of carbonyl (C=O) groups is 1. The standard InChI is InChI=1S/C14H24N4O/c1-5-10(6-2)15-13(19)12-17-16-11-7-8-14(3,4)9-18(11)12/h10H,5-9H2,1-4H3,(H,15,19). The van der Waals surface area contributed by atoms with Crippen LogP contribution in [-0.4, -0.2) is 26.7 Å². The van der Waals surface area contributed by atoms with Gasteiger partial charge < -0.3 is 9.88 Å². The zero-order valence-corrected chi connectivity index (χ0v) is 12.4. The Morgan fingerprint density at radius 1 is 1.37 bits per heavy atom. The molecule has 1 aromatic rings. The van der Waals surface area contributed by atoms with Gasteiger partial charge in [0, 0.05) is 19.0 Å². The van der Waals surface area contributed by atoms with Crippen molar-refractivity contribution in [3.05, 3.63) is 11.6 Å². The first kappa shape index (κ1) is 14.0. The van der Waals surface area contributed by atoms with Crippen LogP contribution < -0.4 is 5.32 Å². The molecule has 0 aromatic carbocycles. The molecule has 5 heteroatoms. The van der Waals surface area contributed by atoms with E-state index in [4.69, 9.17) is 0 Å². The molecule has 1 amide bonds. The van der Waals surface area contributed by atoms with E-state index in [9.17, 15) is 4.79 Å². The minimum atomic E-state index is -0.0925. The fourth-order valence-electron chi connectivity index (χ4n) is 2.55. The third-order valence-corrected chi connectivity index (χ3v) is 3.96. The highest BCUT2D eigenvalue weighted by molar-refractivity contribution is 5.90. The van der Waals surface area contributed by atoms with Crippen molar-refractivity contribution in [1.82, 2.24) is 20.1 Å². The van der Waals surface area contributed by atoms with Crippen molar-refractivity contribution in [2.45, 2.75) is 66.0 Å². The molecule has 1 aliphatic rings. The predicted octanol–water partition coefficient (Wildman–Crippen LogP) is 2.17. The molecule has 19 heavy (non-hydrogen) atoms. The van der Waals surface area contributed by atoms with Crippen LogP contribution in [0.5, 0.6) is 0 Å². The maximum atomic E-state index is 12.3. The normalized spacial score (nSPS) is 17.3. The Kier molecular flexibility index (Phi) is 3.92. The molecule has 0 spiro atoms. The topological polar surface area (TPSA) is 59.8 Å². The van der Waals surface area contributed by atoms with Crippen molar-refractivity contribution in [1.29, 1.82) is 0 Å². The van der Waals surface area contributed by atoms with E-state index in [0.717, 1.165) is 38.1 Å². The molecule has 0 saturated heterocycles. The van der Waals surface area contributed by atoms with Crippen LogP contribution >= 0.6 is 0 Å². The average Bonchev–Trinajstić information content (AvgIpc) is 2.77. The summed E-state index contributed by atoms with van der Waals surface area (Å²) < 4.78 is 1.99. The van der Waals surface area contributed by atoms with Crippen LogP contribution in [0.15, 0.2) is 0 Å². The molecular weight excluding hydrogens is 240 g/mol. The molecule has 5 nitrogen and oxygen atoms in total. The van der Waals surface area contributed by atoms with Gasteiger partial charge in [-0.05, 0) is 24.7 Å². The quantitative estimate of drug-likeness (QED) is 0.906. The van der Waals surface area contributed by atoms with Crippen molar-refractivity contribution < 1.29 is 4.79 Å². The second kappa shape index (κ2) is 5.31. The highest BCUT2D eigenvalue weighted by atomic mass is 16.2. The molecule has 1 aromatic heterocycles. The third kappa shape index (κ3) is 2.96. The summed E-state index contributed by atoms with van der Waals surface area (Å²) in [7, 11) is 0. The van der Waals surface area contributed by atoms with Gasteiger partial charge in [0.2, 0.25) is 5.82 Å². The minimum absolute atomic E-state index is 0.0925. The summed E-state index contributed by atoms with van der Waals surface area (Å²) in [6.45, 7) is 9.42. The number of hydrogen-bond acceptors (Lipinski definition) is 3. The summed E-state index contributed by atoms with van der Waals surface area (Å²) in [5, 5.41) is 11.3. The molecule has 2 heterocycles. The van der Waals surface area contributed by atoms with Crippen molar-refractivity contribution >= 4 is 5.91 Å². The zero-order valence-electron chi connectivity index (χ0n) is 12.4. The van der Waals surface area contributed by atoms with E-state index in [1.165, 1.54) is 0 Å². The minimum Gasteiger partial charge on any atom is -0.347 e. The fourth-order valence-corrected chi connectivity index (χ4v) is 2.55. The summed E-state index contributed by atoms with van der Waals surface area (Å²) in [6.07, 6.45) is 3.88. The van der Waals surface area contributed by atoms with E-state index < -0.39 is 0 Å². The largest absolute Gasteiger partial charge is 0.347 e. The highest BCUT2D eigenvalue weighted by Gasteiger charge is 2.30. The Labute approximate surface area is 114 Å². The molecular formula is C14H24N4O. The summed E-state index contributed by atoms with van der Waals surface area (Å²) in [4.78, 5) is 12.3. The molecule has 0 saturated carbocycles. The summed E-state index contributed by atoms with van der Waals surface area (Å²) >= 11 is 0. The number of amides is 1. The van der Waals surface area contributed by atoms with Crippen molar-refractivity contribution in [2.24, 2.45) is 5.41 Å². The average molecular weight is 264 g/mol. The van der Waals surface area contributed by atoms with Crippen LogP contribution in [0.2, 0.25) is 0 Å². The Morgan fingerprint density at radius 2 is 2.05 bits per heavy atom. The smallest absolute Gasteiger partial charge is 0.289 e. The van der Waals surface area contributed by atoms with Crippen molar-refractivity contribution in [3.63, 3.8) is 0 Å². The number of nitrogens with one attached hydrogen (secondary N) is 1. The van der Waals surface area contributed by atoms with Crippen LogP contribution in [0.4, 0.5) is 0 Å². The predicted molar refractivity (Wildman–Crippen MR) is 74.0 cm³/mol. The van der Waals surface area contributed by atoms with Gasteiger partial charge in [-0.2, -0.15) is 0 Å². The number of aryl methyl sites for hydroxylation is 1. The Hall–Kier alpha value is -1.39. The lowest BCUT2D eigenvalue weighted by atomic mass is 9.85. The number of aromatic nitrogens is 3. The van der Waals surface area contributed by atoms with E-state index in [-0.39, 0.29) is 17.4 Å². The van der Waals surface area contributed by atoms with Gasteiger partial charge in [0.1, 0.15) is 5.82 Å². The third-order valence-electron chi connectivity index (χ3n) is 3.96. The molecule has 0 unspecified atom stereocenters. The lowest BCUT2D eigenvalue weighted by Crippen LogP contribution is -2.37. The first-order chi connectivity index (χ1) is 8.96. The van der Waals surface area contributed by atoms with Gasteiger partial charge >= 0.3 is 0 Å². The molecule has 1 aliphatic heterocycles. The molecule has 2 rings (SSSR count). The van der Waals surface area contributed by atoms with E-state index in [1.54, 1.807) is 0 Å². The Balaban J connectivity index is 2.18. The van der Waals surface area contributed by atoms with Gasteiger partial charge in [-0.25, -0.2) is 0 Å². The van der Waals surface area contributed by atoms with E-state index in [0.29, 0.717) is 5.82 Å². The fraction of sp³-hybridized carbons (Fsp3) is 0.786. The monoisotopic (exact) mass is 264 g/mol. The van der Waals surface area contributed by atoms with Crippen LogP contribution in [-0.2, 0) is 13.0 Å². The van der Waals surface area contributed by atoms with E-state index >= 15 is 0 Å². The molecule has 106 valence electrons. The molecule has 1 N–H and O–H groups in total. The molecule has 0 radical (unpaired) electrons. The lowest BCUT2D eigenvalue weighted by Gasteiger charge is -2.30.